The lowest BCUT2D eigenvalue weighted by molar-refractivity contribution is -0.123. The topological polar surface area (TPSA) is 63.8 Å². The van der Waals surface area contributed by atoms with Crippen LogP contribution in [-0.2, 0) is 4.79 Å². The van der Waals surface area contributed by atoms with Crippen LogP contribution in [0.2, 0.25) is 0 Å². The highest BCUT2D eigenvalue weighted by molar-refractivity contribution is 5.81. The van der Waals surface area contributed by atoms with Crippen LogP contribution in [0.4, 0.5) is 4.39 Å². The van der Waals surface area contributed by atoms with Crippen molar-refractivity contribution in [2.75, 3.05) is 6.61 Å². The number of carbonyl (C=O) groups excluding carboxylic acids is 1. The van der Waals surface area contributed by atoms with Gasteiger partial charge in [0.2, 0.25) is 0 Å². The van der Waals surface area contributed by atoms with Crippen LogP contribution in [0.25, 0.3) is 0 Å². The average molecular weight is 316 g/mol. The number of hydrogen-bond donors (Lipinski definition) is 1. The Hall–Kier alpha value is -2.63. The molecule has 1 aromatic carbocycles. The van der Waals surface area contributed by atoms with Crippen molar-refractivity contribution in [1.29, 1.82) is 0 Å². The number of benzene rings is 1. The number of halogens is 1. The van der Waals surface area contributed by atoms with Gasteiger partial charge < -0.3 is 9.15 Å². The van der Waals surface area contributed by atoms with E-state index in [1.165, 1.54) is 18.3 Å². The van der Waals surface area contributed by atoms with E-state index in [1.54, 1.807) is 12.1 Å². The summed E-state index contributed by atoms with van der Waals surface area (Å²) < 4.78 is 24.0. The van der Waals surface area contributed by atoms with Gasteiger partial charge in [-0.05, 0) is 36.6 Å². The van der Waals surface area contributed by atoms with Gasteiger partial charge in [-0.15, -0.1) is 0 Å². The van der Waals surface area contributed by atoms with Gasteiger partial charge in [-0.25, -0.2) is 9.82 Å². The number of carbonyl (C=O) groups is 1. The zero-order valence-electron chi connectivity index (χ0n) is 12.7. The van der Waals surface area contributed by atoms with E-state index in [1.807, 2.05) is 12.1 Å². The number of hydrogen-bond acceptors (Lipinski definition) is 4. The van der Waals surface area contributed by atoms with Crippen LogP contribution in [0.3, 0.4) is 0 Å². The number of nitrogens with one attached hydrogen (secondary N) is 1. The van der Waals surface area contributed by atoms with Crippen molar-refractivity contribution in [1.82, 2.24) is 5.43 Å². The normalized spacial score (nSPS) is 19.7. The van der Waals surface area contributed by atoms with E-state index in [0.717, 1.165) is 12.2 Å². The van der Waals surface area contributed by atoms with Crippen molar-refractivity contribution in [2.24, 2.45) is 11.0 Å². The molecule has 0 bridgehead atoms. The average Bonchev–Trinajstić information content (AvgIpc) is 3.08. The zero-order valence-corrected chi connectivity index (χ0v) is 12.7. The minimum absolute atomic E-state index is 0.0286. The first kappa shape index (κ1) is 15.3. The molecule has 1 amide bonds. The molecule has 0 unspecified atom stereocenters. The Morgan fingerprint density at radius 3 is 2.96 bits per heavy atom. The maximum Gasteiger partial charge on any atom is 0.277 e. The SMILES string of the molecule is C[C@H]1C[C@H]1c1ccc(/C=N\NC(=O)COc2ccccc2F)o1. The zero-order chi connectivity index (χ0) is 16.2. The second kappa shape index (κ2) is 6.64. The standard InChI is InChI=1S/C17H17FN2O3/c1-11-8-13(11)15-7-6-12(23-15)9-19-20-17(21)10-22-16-5-3-2-4-14(16)18/h2-7,9,11,13H,8,10H2,1H3,(H,20,21)/b19-9-/t11-,13+/m0/s1. The third kappa shape index (κ3) is 3.97. The van der Waals surface area contributed by atoms with Gasteiger partial charge in [0, 0.05) is 5.92 Å². The first-order valence-corrected chi connectivity index (χ1v) is 7.42. The van der Waals surface area contributed by atoms with Gasteiger partial charge in [-0.3, -0.25) is 4.79 Å². The second-order valence-corrected chi connectivity index (χ2v) is 5.57. The van der Waals surface area contributed by atoms with Crippen molar-refractivity contribution in [2.45, 2.75) is 19.3 Å². The Labute approximate surface area is 133 Å². The highest BCUT2D eigenvalue weighted by atomic mass is 19.1. The van der Waals surface area contributed by atoms with Crippen LogP contribution in [0.5, 0.6) is 5.75 Å². The molecule has 0 spiro atoms. The molecule has 2 atom stereocenters. The predicted octanol–water partition coefficient (Wildman–Crippen LogP) is 3.07. The monoisotopic (exact) mass is 316 g/mol. The fourth-order valence-corrected chi connectivity index (χ4v) is 2.26. The number of amides is 1. The lowest BCUT2D eigenvalue weighted by atomic mass is 10.3. The van der Waals surface area contributed by atoms with Crippen LogP contribution in [0, 0.1) is 11.7 Å². The van der Waals surface area contributed by atoms with E-state index in [9.17, 15) is 9.18 Å². The Kier molecular flexibility index (Phi) is 4.41. The van der Waals surface area contributed by atoms with Crippen molar-refractivity contribution in [3.05, 3.63) is 53.7 Å². The summed E-state index contributed by atoms with van der Waals surface area (Å²) >= 11 is 0. The molecule has 0 saturated heterocycles. The number of ether oxygens (including phenoxy) is 1. The quantitative estimate of drug-likeness (QED) is 0.658. The third-order valence-corrected chi connectivity index (χ3v) is 3.70. The number of rotatable bonds is 6. The molecule has 1 saturated carbocycles. The van der Waals surface area contributed by atoms with E-state index in [0.29, 0.717) is 17.6 Å². The maximum atomic E-state index is 13.3. The number of furan rings is 1. The van der Waals surface area contributed by atoms with Gasteiger partial charge in [0.25, 0.3) is 5.91 Å². The summed E-state index contributed by atoms with van der Waals surface area (Å²) in [5.74, 6) is 1.74. The van der Waals surface area contributed by atoms with Crippen molar-refractivity contribution < 1.29 is 18.3 Å². The van der Waals surface area contributed by atoms with Crippen LogP contribution in [0.15, 0.2) is 45.9 Å². The summed E-state index contributed by atoms with van der Waals surface area (Å²) in [6.45, 7) is 1.86. The smallest absolute Gasteiger partial charge is 0.277 e. The summed E-state index contributed by atoms with van der Waals surface area (Å²) in [4.78, 5) is 11.6. The van der Waals surface area contributed by atoms with Crippen LogP contribution < -0.4 is 10.2 Å². The van der Waals surface area contributed by atoms with Gasteiger partial charge in [-0.1, -0.05) is 19.1 Å². The molecule has 23 heavy (non-hydrogen) atoms. The number of hydrazone groups is 1. The van der Waals surface area contributed by atoms with Crippen LogP contribution in [-0.4, -0.2) is 18.7 Å². The van der Waals surface area contributed by atoms with Gasteiger partial charge in [0.05, 0.1) is 6.21 Å². The Morgan fingerprint density at radius 2 is 2.22 bits per heavy atom. The third-order valence-electron chi connectivity index (χ3n) is 3.70. The molecule has 1 heterocycles. The minimum atomic E-state index is -0.513. The first-order chi connectivity index (χ1) is 11.1. The van der Waals surface area contributed by atoms with Gasteiger partial charge in [-0.2, -0.15) is 5.10 Å². The van der Waals surface area contributed by atoms with E-state index in [-0.39, 0.29) is 12.4 Å². The fraction of sp³-hybridized carbons (Fsp3) is 0.294. The Balaban J connectivity index is 1.45. The number of nitrogens with zero attached hydrogens (tertiary/aromatic N) is 1. The van der Waals surface area contributed by atoms with E-state index >= 15 is 0 Å². The molecule has 3 rings (SSSR count). The molecule has 5 nitrogen and oxygen atoms in total. The predicted molar refractivity (Wildman–Crippen MR) is 82.9 cm³/mol. The molecule has 2 aromatic rings. The van der Waals surface area contributed by atoms with Crippen molar-refractivity contribution in [3.63, 3.8) is 0 Å². The molecule has 1 fully saturated rings. The summed E-state index contributed by atoms with van der Waals surface area (Å²) in [5, 5.41) is 3.80. The molecule has 0 radical (unpaired) electrons. The minimum Gasteiger partial charge on any atom is -0.481 e. The molecule has 120 valence electrons. The summed E-state index contributed by atoms with van der Waals surface area (Å²) in [5.41, 5.74) is 2.31. The lowest BCUT2D eigenvalue weighted by Gasteiger charge is -2.05. The van der Waals surface area contributed by atoms with Gasteiger partial charge in [0.1, 0.15) is 11.5 Å². The van der Waals surface area contributed by atoms with E-state index < -0.39 is 11.7 Å². The first-order valence-electron chi connectivity index (χ1n) is 7.42. The van der Waals surface area contributed by atoms with Crippen LogP contribution >= 0.6 is 0 Å². The lowest BCUT2D eigenvalue weighted by Crippen LogP contribution is -2.24. The van der Waals surface area contributed by atoms with Gasteiger partial charge >= 0.3 is 0 Å². The highest BCUT2D eigenvalue weighted by Gasteiger charge is 2.36. The molecule has 1 aromatic heterocycles. The molecule has 6 heteroatoms. The van der Waals surface area contributed by atoms with E-state index in [2.05, 4.69) is 17.5 Å². The summed E-state index contributed by atoms with van der Waals surface area (Å²) in [7, 11) is 0. The molecule has 1 aliphatic carbocycles. The van der Waals surface area contributed by atoms with Crippen molar-refractivity contribution in [3.8, 4) is 5.75 Å². The molecule has 0 aliphatic heterocycles. The summed E-state index contributed by atoms with van der Waals surface area (Å²) in [6.07, 6.45) is 2.58. The number of para-hydroxylation sites is 1. The Morgan fingerprint density at radius 1 is 1.43 bits per heavy atom. The molecular weight excluding hydrogens is 299 g/mol. The highest BCUT2D eigenvalue weighted by Crippen LogP contribution is 2.47. The second-order valence-electron chi connectivity index (χ2n) is 5.57. The fourth-order valence-electron chi connectivity index (χ4n) is 2.26. The van der Waals surface area contributed by atoms with E-state index in [4.69, 9.17) is 9.15 Å². The maximum absolute atomic E-state index is 13.3. The summed E-state index contributed by atoms with van der Waals surface area (Å²) in [6, 6.07) is 9.64. The molecular formula is C17H17FN2O3. The van der Waals surface area contributed by atoms with Crippen molar-refractivity contribution >= 4 is 12.1 Å². The Bertz CT molecular complexity index is 726. The molecule has 1 N–H and O–H groups in total. The van der Waals surface area contributed by atoms with Crippen LogP contribution in [0.1, 0.15) is 30.8 Å². The van der Waals surface area contributed by atoms with Gasteiger partial charge in [0.15, 0.2) is 18.2 Å². The molecule has 1 aliphatic rings. The largest absolute Gasteiger partial charge is 0.481 e.